The van der Waals surface area contributed by atoms with E-state index in [1.807, 2.05) is 0 Å². The van der Waals surface area contributed by atoms with Gasteiger partial charge in [-0.15, -0.1) is 0 Å². The maximum atomic E-state index is 9.47. The van der Waals surface area contributed by atoms with E-state index in [1.54, 1.807) is 18.3 Å². The highest BCUT2D eigenvalue weighted by atomic mass is 35.5. The smallest absolute Gasteiger partial charge is 0.143 e. The average Bonchev–Trinajstić information content (AvgIpc) is 2.07. The van der Waals surface area contributed by atoms with Crippen LogP contribution in [0.15, 0.2) is 24.4 Å². The monoisotopic (exact) mass is 194 g/mol. The number of rotatable bonds is 0. The number of anilines is 1. The van der Waals surface area contributed by atoms with Gasteiger partial charge in [-0.25, -0.2) is 0 Å². The Labute approximate surface area is 79.8 Å². The van der Waals surface area contributed by atoms with Gasteiger partial charge in [0.25, 0.3) is 0 Å². The van der Waals surface area contributed by atoms with Crippen LogP contribution >= 0.6 is 11.6 Å². The molecule has 2 aromatic rings. The lowest BCUT2D eigenvalue weighted by molar-refractivity contribution is 0.480. The fourth-order valence-corrected chi connectivity index (χ4v) is 1.43. The molecule has 0 unspecified atom stereocenters. The van der Waals surface area contributed by atoms with Crippen LogP contribution in [0, 0.1) is 0 Å². The Morgan fingerprint density at radius 3 is 2.92 bits per heavy atom. The Morgan fingerprint density at radius 2 is 2.15 bits per heavy atom. The highest BCUT2D eigenvalue weighted by Gasteiger charge is 2.04. The molecule has 1 aromatic carbocycles. The average molecular weight is 195 g/mol. The minimum Gasteiger partial charge on any atom is -0.506 e. The largest absolute Gasteiger partial charge is 0.506 e. The quantitative estimate of drug-likeness (QED) is 0.676. The predicted molar refractivity (Wildman–Crippen MR) is 52.8 cm³/mol. The molecule has 0 saturated carbocycles. The van der Waals surface area contributed by atoms with Gasteiger partial charge in [-0.1, -0.05) is 11.6 Å². The SMILES string of the molecule is Nc1ccnc2c(O)cc(Cl)cc12. The molecule has 2 rings (SSSR count). The van der Waals surface area contributed by atoms with Crippen LogP contribution < -0.4 is 5.73 Å². The van der Waals surface area contributed by atoms with Gasteiger partial charge in [-0.2, -0.15) is 0 Å². The van der Waals surface area contributed by atoms with Gasteiger partial charge in [0.1, 0.15) is 11.3 Å². The summed E-state index contributed by atoms with van der Waals surface area (Å²) in [7, 11) is 0. The molecular formula is C9H7ClN2O. The van der Waals surface area contributed by atoms with Gasteiger partial charge < -0.3 is 10.8 Å². The zero-order valence-corrected chi connectivity index (χ0v) is 7.42. The van der Waals surface area contributed by atoms with Crippen molar-refractivity contribution in [3.63, 3.8) is 0 Å². The number of hydrogen-bond donors (Lipinski definition) is 2. The molecule has 0 aliphatic carbocycles. The van der Waals surface area contributed by atoms with Crippen LogP contribution in [0.1, 0.15) is 0 Å². The van der Waals surface area contributed by atoms with E-state index >= 15 is 0 Å². The van der Waals surface area contributed by atoms with Crippen molar-refractivity contribution in [2.75, 3.05) is 5.73 Å². The van der Waals surface area contributed by atoms with E-state index < -0.39 is 0 Å². The Morgan fingerprint density at radius 1 is 1.38 bits per heavy atom. The fraction of sp³-hybridized carbons (Fsp3) is 0. The number of nitrogen functional groups attached to an aromatic ring is 1. The van der Waals surface area contributed by atoms with Crippen molar-refractivity contribution in [3.05, 3.63) is 29.4 Å². The first-order valence-corrected chi connectivity index (χ1v) is 4.09. The minimum absolute atomic E-state index is 0.0507. The van der Waals surface area contributed by atoms with E-state index in [1.165, 1.54) is 6.07 Å². The number of benzene rings is 1. The van der Waals surface area contributed by atoms with Gasteiger partial charge >= 0.3 is 0 Å². The molecule has 1 aromatic heterocycles. The van der Waals surface area contributed by atoms with E-state index in [2.05, 4.69) is 4.98 Å². The Kier molecular flexibility index (Phi) is 1.74. The van der Waals surface area contributed by atoms with E-state index in [0.29, 0.717) is 21.6 Å². The normalized spacial score (nSPS) is 10.5. The first kappa shape index (κ1) is 8.13. The molecule has 66 valence electrons. The van der Waals surface area contributed by atoms with Gasteiger partial charge in [0, 0.05) is 28.4 Å². The van der Waals surface area contributed by atoms with Gasteiger partial charge in [0.05, 0.1) is 0 Å². The number of aromatic nitrogens is 1. The lowest BCUT2D eigenvalue weighted by Crippen LogP contribution is -1.88. The van der Waals surface area contributed by atoms with Crippen LogP contribution in [0.3, 0.4) is 0 Å². The van der Waals surface area contributed by atoms with Crippen LogP contribution in [0.5, 0.6) is 5.75 Å². The third kappa shape index (κ3) is 1.27. The Balaban J connectivity index is 2.94. The van der Waals surface area contributed by atoms with Gasteiger partial charge in [0.15, 0.2) is 0 Å². The van der Waals surface area contributed by atoms with E-state index in [9.17, 15) is 5.11 Å². The zero-order chi connectivity index (χ0) is 9.42. The molecule has 3 nitrogen and oxygen atoms in total. The third-order valence-electron chi connectivity index (χ3n) is 1.82. The topological polar surface area (TPSA) is 59.1 Å². The molecule has 3 N–H and O–H groups in total. The van der Waals surface area contributed by atoms with Crippen molar-refractivity contribution >= 4 is 28.2 Å². The molecular weight excluding hydrogens is 188 g/mol. The molecule has 1 heterocycles. The first-order valence-electron chi connectivity index (χ1n) is 3.71. The van der Waals surface area contributed by atoms with Crippen LogP contribution in [0.2, 0.25) is 5.02 Å². The molecule has 0 fully saturated rings. The van der Waals surface area contributed by atoms with E-state index in [-0.39, 0.29) is 5.75 Å². The number of halogens is 1. The molecule has 4 heteroatoms. The maximum Gasteiger partial charge on any atom is 0.143 e. The number of fused-ring (bicyclic) bond motifs is 1. The standard InChI is InChI=1S/C9H7ClN2O/c10-5-3-6-7(11)1-2-12-9(6)8(13)4-5/h1-4,13H,(H2,11,12). The number of pyridine rings is 1. The number of phenolic OH excluding ortho intramolecular Hbond substituents is 1. The minimum atomic E-state index is 0.0507. The fourth-order valence-electron chi connectivity index (χ4n) is 1.22. The maximum absolute atomic E-state index is 9.47. The van der Waals surface area contributed by atoms with Crippen molar-refractivity contribution < 1.29 is 5.11 Å². The van der Waals surface area contributed by atoms with Crippen LogP contribution in [0.25, 0.3) is 10.9 Å². The summed E-state index contributed by atoms with van der Waals surface area (Å²) in [4.78, 5) is 3.99. The van der Waals surface area contributed by atoms with Crippen LogP contribution in [0.4, 0.5) is 5.69 Å². The Bertz CT molecular complexity index is 470. The summed E-state index contributed by atoms with van der Waals surface area (Å²) in [6.07, 6.45) is 1.55. The molecule has 0 amide bonds. The molecule has 0 bridgehead atoms. The van der Waals surface area contributed by atoms with Crippen molar-refractivity contribution in [3.8, 4) is 5.75 Å². The summed E-state index contributed by atoms with van der Waals surface area (Å²) in [5.74, 6) is 0.0507. The molecule has 0 spiro atoms. The van der Waals surface area contributed by atoms with Gasteiger partial charge in [-0.3, -0.25) is 4.98 Å². The summed E-state index contributed by atoms with van der Waals surface area (Å²) >= 11 is 5.75. The van der Waals surface area contributed by atoms with Gasteiger partial charge in [0.2, 0.25) is 0 Å². The molecule has 0 aliphatic rings. The lowest BCUT2D eigenvalue weighted by atomic mass is 10.2. The summed E-state index contributed by atoms with van der Waals surface area (Å²) in [6.45, 7) is 0. The highest BCUT2D eigenvalue weighted by molar-refractivity contribution is 6.31. The highest BCUT2D eigenvalue weighted by Crippen LogP contribution is 2.30. The molecule has 13 heavy (non-hydrogen) atoms. The number of hydrogen-bond acceptors (Lipinski definition) is 3. The Hall–Kier alpha value is -1.48. The van der Waals surface area contributed by atoms with Crippen LogP contribution in [-0.4, -0.2) is 10.1 Å². The summed E-state index contributed by atoms with van der Waals surface area (Å²) in [6, 6.07) is 4.79. The van der Waals surface area contributed by atoms with E-state index in [0.717, 1.165) is 0 Å². The van der Waals surface area contributed by atoms with E-state index in [4.69, 9.17) is 17.3 Å². The van der Waals surface area contributed by atoms with Crippen molar-refractivity contribution in [1.29, 1.82) is 0 Å². The molecule has 0 atom stereocenters. The van der Waals surface area contributed by atoms with Crippen molar-refractivity contribution in [1.82, 2.24) is 4.98 Å². The van der Waals surface area contributed by atoms with Crippen molar-refractivity contribution in [2.24, 2.45) is 0 Å². The molecule has 0 saturated heterocycles. The van der Waals surface area contributed by atoms with Crippen molar-refractivity contribution in [2.45, 2.75) is 0 Å². The van der Waals surface area contributed by atoms with Gasteiger partial charge in [-0.05, 0) is 12.1 Å². The second kappa shape index (κ2) is 2.78. The molecule has 0 radical (unpaired) electrons. The second-order valence-electron chi connectivity index (χ2n) is 2.72. The summed E-state index contributed by atoms with van der Waals surface area (Å²) < 4.78 is 0. The lowest BCUT2D eigenvalue weighted by Gasteiger charge is -2.03. The predicted octanol–water partition coefficient (Wildman–Crippen LogP) is 2.18. The summed E-state index contributed by atoms with van der Waals surface area (Å²) in [5, 5.41) is 10.6. The number of aromatic hydroxyl groups is 1. The number of nitrogens with zero attached hydrogens (tertiary/aromatic N) is 1. The zero-order valence-electron chi connectivity index (χ0n) is 6.66. The molecule has 0 aliphatic heterocycles. The summed E-state index contributed by atoms with van der Waals surface area (Å²) in [5.41, 5.74) is 6.72. The number of phenols is 1. The number of nitrogens with two attached hydrogens (primary N) is 1. The third-order valence-corrected chi connectivity index (χ3v) is 2.04. The van der Waals surface area contributed by atoms with Crippen LogP contribution in [-0.2, 0) is 0 Å². The first-order chi connectivity index (χ1) is 6.18. The second-order valence-corrected chi connectivity index (χ2v) is 3.16.